The zero-order chi connectivity index (χ0) is 19.7. The van der Waals surface area contributed by atoms with E-state index in [2.05, 4.69) is 62.4 Å². The van der Waals surface area contributed by atoms with E-state index < -0.39 is 0 Å². The molecule has 1 fully saturated rings. The largest absolute Gasteiger partial charge is 0.479 e. The van der Waals surface area contributed by atoms with Gasteiger partial charge >= 0.3 is 5.97 Å². The first kappa shape index (κ1) is 18.8. The predicted molar refractivity (Wildman–Crippen MR) is 113 cm³/mol. The number of carbonyl (C=O) groups excluding carboxylic acids is 1. The Bertz CT molecular complexity index is 984. The fraction of sp³-hybridized carbons (Fsp3) is 0.292. The minimum Gasteiger partial charge on any atom is -0.479 e. The molecule has 4 heteroatoms. The highest BCUT2D eigenvalue weighted by atomic mass is 32.1. The molecule has 0 N–H and O–H groups in total. The molecule has 4 rings (SSSR count). The van der Waals surface area contributed by atoms with Crippen molar-refractivity contribution in [2.24, 2.45) is 5.92 Å². The monoisotopic (exact) mass is 392 g/mol. The lowest BCUT2D eigenvalue weighted by atomic mass is 9.95. The second kappa shape index (κ2) is 7.80. The van der Waals surface area contributed by atoms with Crippen molar-refractivity contribution >= 4 is 17.3 Å². The molecule has 3 aromatic rings. The van der Waals surface area contributed by atoms with Crippen LogP contribution in [0.15, 0.2) is 54.6 Å². The summed E-state index contributed by atoms with van der Waals surface area (Å²) in [7, 11) is 1.45. The predicted octanol–water partition coefficient (Wildman–Crippen LogP) is 5.89. The van der Waals surface area contributed by atoms with E-state index in [9.17, 15) is 4.79 Å². The summed E-state index contributed by atoms with van der Waals surface area (Å²) in [6.07, 6.45) is 0.879. The van der Waals surface area contributed by atoms with Crippen LogP contribution in [-0.4, -0.2) is 13.1 Å². The van der Waals surface area contributed by atoms with Gasteiger partial charge in [0.2, 0.25) is 0 Å². The summed E-state index contributed by atoms with van der Waals surface area (Å²) in [6, 6.07) is 19.0. The van der Waals surface area contributed by atoms with Crippen molar-refractivity contribution in [3.8, 4) is 16.2 Å². The van der Waals surface area contributed by atoms with E-state index in [4.69, 9.17) is 9.47 Å². The summed E-state index contributed by atoms with van der Waals surface area (Å²) in [5.74, 6) is 0.205. The van der Waals surface area contributed by atoms with Gasteiger partial charge < -0.3 is 9.47 Å². The van der Waals surface area contributed by atoms with Gasteiger partial charge in [-0.15, -0.1) is 11.3 Å². The third-order valence-corrected chi connectivity index (χ3v) is 6.47. The van der Waals surface area contributed by atoms with Gasteiger partial charge in [-0.2, -0.15) is 0 Å². The normalized spacial score (nSPS) is 18.0. The number of ether oxygens (including phenoxy) is 2. The average molecular weight is 393 g/mol. The molecule has 1 aliphatic carbocycles. The lowest BCUT2D eigenvalue weighted by Gasteiger charge is -2.11. The Hall–Kier alpha value is -2.59. The van der Waals surface area contributed by atoms with Gasteiger partial charge in [0, 0.05) is 10.8 Å². The minimum absolute atomic E-state index is 0.0190. The topological polar surface area (TPSA) is 35.5 Å². The third-order valence-electron chi connectivity index (χ3n) is 5.34. The first-order valence-electron chi connectivity index (χ1n) is 9.52. The number of hydrogen-bond acceptors (Lipinski definition) is 4. The Labute approximate surface area is 169 Å². The Kier molecular flexibility index (Phi) is 5.23. The zero-order valence-electron chi connectivity index (χ0n) is 16.4. The first-order chi connectivity index (χ1) is 13.6. The van der Waals surface area contributed by atoms with Crippen molar-refractivity contribution in [2.45, 2.75) is 32.8 Å². The molecule has 1 aliphatic rings. The Balaban J connectivity index is 1.43. The molecule has 0 amide bonds. The highest BCUT2D eigenvalue weighted by Crippen LogP contribution is 2.51. The molecule has 144 valence electrons. The molecule has 2 unspecified atom stereocenters. The molecule has 0 aliphatic heterocycles. The summed E-state index contributed by atoms with van der Waals surface area (Å²) in [4.78, 5) is 12.8. The lowest BCUT2D eigenvalue weighted by Crippen LogP contribution is -2.03. The van der Waals surface area contributed by atoms with Crippen LogP contribution < -0.4 is 4.74 Å². The molecule has 0 bridgehead atoms. The summed E-state index contributed by atoms with van der Waals surface area (Å²) >= 11 is 1.63. The van der Waals surface area contributed by atoms with Gasteiger partial charge in [0.15, 0.2) is 5.06 Å². The maximum Gasteiger partial charge on any atom is 0.309 e. The van der Waals surface area contributed by atoms with Gasteiger partial charge in [0.25, 0.3) is 0 Å². The number of thiophene rings is 1. The summed E-state index contributed by atoms with van der Waals surface area (Å²) in [6.45, 7) is 4.83. The second-order valence-electron chi connectivity index (χ2n) is 7.38. The van der Waals surface area contributed by atoms with Gasteiger partial charge in [-0.3, -0.25) is 4.79 Å². The molecule has 2 atom stereocenters. The smallest absolute Gasteiger partial charge is 0.309 e. The van der Waals surface area contributed by atoms with Gasteiger partial charge in [-0.25, -0.2) is 0 Å². The van der Waals surface area contributed by atoms with E-state index in [1.807, 2.05) is 6.07 Å². The Morgan fingerprint density at radius 3 is 2.57 bits per heavy atom. The Morgan fingerprint density at radius 2 is 1.82 bits per heavy atom. The molecule has 1 heterocycles. The van der Waals surface area contributed by atoms with Crippen molar-refractivity contribution in [1.82, 2.24) is 0 Å². The van der Waals surface area contributed by atoms with Gasteiger partial charge in [-0.1, -0.05) is 36.4 Å². The highest BCUT2D eigenvalue weighted by Gasteiger charge is 2.45. The fourth-order valence-electron chi connectivity index (χ4n) is 3.77. The van der Waals surface area contributed by atoms with E-state index in [0.717, 1.165) is 17.0 Å². The average Bonchev–Trinajstić information content (AvgIpc) is 3.36. The van der Waals surface area contributed by atoms with Crippen molar-refractivity contribution in [2.75, 3.05) is 7.11 Å². The van der Waals surface area contributed by atoms with Crippen LogP contribution in [0.25, 0.3) is 11.1 Å². The zero-order valence-corrected chi connectivity index (χ0v) is 17.2. The maximum atomic E-state index is 11.6. The minimum atomic E-state index is -0.107. The van der Waals surface area contributed by atoms with Crippen molar-refractivity contribution < 1.29 is 14.3 Å². The molecule has 28 heavy (non-hydrogen) atoms. The van der Waals surface area contributed by atoms with Gasteiger partial charge in [0.1, 0.15) is 6.61 Å². The second-order valence-corrected chi connectivity index (χ2v) is 8.46. The van der Waals surface area contributed by atoms with E-state index in [-0.39, 0.29) is 11.9 Å². The maximum absolute atomic E-state index is 11.6. The van der Waals surface area contributed by atoms with Crippen LogP contribution in [0.5, 0.6) is 5.06 Å². The van der Waals surface area contributed by atoms with Crippen LogP contribution in [0.4, 0.5) is 0 Å². The molecular weight excluding hydrogens is 368 g/mol. The molecular formula is C24H24O3S. The molecule has 0 radical (unpaired) electrons. The number of methoxy groups -OCH3 is 1. The van der Waals surface area contributed by atoms with E-state index >= 15 is 0 Å². The highest BCUT2D eigenvalue weighted by molar-refractivity contribution is 7.14. The fourth-order valence-corrected chi connectivity index (χ4v) is 4.81. The molecule has 0 spiro atoms. The van der Waals surface area contributed by atoms with Crippen LogP contribution >= 0.6 is 11.3 Å². The SMILES string of the molecule is COC(=O)C1CC1c1ccc(OCc2cccc(-c3c(C)cccc3C)c2)s1. The summed E-state index contributed by atoms with van der Waals surface area (Å²) < 4.78 is 10.9. The molecule has 2 aromatic carbocycles. The van der Waals surface area contributed by atoms with Crippen LogP contribution in [0.1, 0.15) is 33.9 Å². The molecule has 3 nitrogen and oxygen atoms in total. The Morgan fingerprint density at radius 1 is 1.07 bits per heavy atom. The van der Waals surface area contributed by atoms with E-state index in [1.54, 1.807) is 11.3 Å². The van der Waals surface area contributed by atoms with Crippen molar-refractivity contribution in [1.29, 1.82) is 0 Å². The van der Waals surface area contributed by atoms with Gasteiger partial charge in [0.05, 0.1) is 13.0 Å². The van der Waals surface area contributed by atoms with E-state index in [0.29, 0.717) is 12.5 Å². The van der Waals surface area contributed by atoms with Crippen LogP contribution in [-0.2, 0) is 16.1 Å². The number of esters is 1. The lowest BCUT2D eigenvalue weighted by molar-refractivity contribution is -0.142. The van der Waals surface area contributed by atoms with Gasteiger partial charge in [-0.05, 0) is 66.3 Å². The number of benzene rings is 2. The number of aryl methyl sites for hydroxylation is 2. The third kappa shape index (κ3) is 3.83. The van der Waals surface area contributed by atoms with Crippen LogP contribution in [0, 0.1) is 19.8 Å². The standard InChI is InChI=1S/C24H24O3S/c1-15-6-4-7-16(2)23(15)18-9-5-8-17(12-18)14-27-22-11-10-21(28-22)19-13-20(19)24(25)26-3/h4-12,19-20H,13-14H2,1-3H3. The number of rotatable bonds is 6. The van der Waals surface area contributed by atoms with E-state index in [1.165, 1.54) is 34.2 Å². The quantitative estimate of drug-likeness (QED) is 0.491. The van der Waals surface area contributed by atoms with Crippen molar-refractivity contribution in [3.05, 3.63) is 76.2 Å². The first-order valence-corrected chi connectivity index (χ1v) is 10.3. The molecule has 0 saturated heterocycles. The summed E-state index contributed by atoms with van der Waals surface area (Å²) in [5, 5.41) is 0.892. The van der Waals surface area contributed by atoms with Crippen molar-refractivity contribution in [3.63, 3.8) is 0 Å². The summed E-state index contributed by atoms with van der Waals surface area (Å²) in [5.41, 5.74) is 6.23. The number of carbonyl (C=O) groups is 1. The molecule has 1 saturated carbocycles. The molecule has 1 aromatic heterocycles. The van der Waals surface area contributed by atoms with Crippen LogP contribution in [0.2, 0.25) is 0 Å². The number of hydrogen-bond donors (Lipinski definition) is 0. The van der Waals surface area contributed by atoms with Crippen LogP contribution in [0.3, 0.4) is 0 Å².